The van der Waals surface area contributed by atoms with Crippen molar-refractivity contribution in [2.45, 2.75) is 26.8 Å². The largest absolute Gasteiger partial charge is 0.337 e. The molecule has 128 valence electrons. The Kier molecular flexibility index (Phi) is 5.07. The number of halogens is 2. The van der Waals surface area contributed by atoms with Crippen LogP contribution in [0.3, 0.4) is 0 Å². The number of aryl methyl sites for hydroxylation is 1. The zero-order valence-electron chi connectivity index (χ0n) is 13.1. The lowest BCUT2D eigenvalue weighted by Crippen LogP contribution is -2.31. The maximum Gasteiger partial charge on any atom is 0.319 e. The molecule has 0 spiro atoms. The maximum atomic E-state index is 13.8. The third-order valence-electron chi connectivity index (χ3n) is 2.88. The first-order valence-corrected chi connectivity index (χ1v) is 6.90. The minimum absolute atomic E-state index is 0.182. The van der Waals surface area contributed by atoms with Gasteiger partial charge in [0.2, 0.25) is 11.8 Å². The Labute approximate surface area is 135 Å². The van der Waals surface area contributed by atoms with E-state index in [9.17, 15) is 18.4 Å². The van der Waals surface area contributed by atoms with Crippen molar-refractivity contribution in [3.63, 3.8) is 0 Å². The highest BCUT2D eigenvalue weighted by Gasteiger charge is 2.17. The molecule has 1 heterocycles. The van der Waals surface area contributed by atoms with Crippen LogP contribution in [-0.2, 0) is 4.79 Å². The quantitative estimate of drug-likeness (QED) is 0.793. The molecule has 3 N–H and O–H groups in total. The first-order valence-electron chi connectivity index (χ1n) is 6.90. The third-order valence-corrected chi connectivity index (χ3v) is 2.88. The lowest BCUT2D eigenvalue weighted by molar-refractivity contribution is -0.114. The van der Waals surface area contributed by atoms with Crippen molar-refractivity contribution in [1.82, 2.24) is 15.5 Å². The smallest absolute Gasteiger partial charge is 0.319 e. The summed E-state index contributed by atoms with van der Waals surface area (Å²) in [6, 6.07) is 0.154. The average Bonchev–Trinajstić information content (AvgIpc) is 2.90. The molecule has 3 amide bonds. The molecular weight excluding hydrogens is 324 g/mol. The Morgan fingerprint density at radius 1 is 1.17 bits per heavy atom. The number of rotatable bonds is 4. The Morgan fingerprint density at radius 3 is 2.33 bits per heavy atom. The summed E-state index contributed by atoms with van der Waals surface area (Å²) in [6.07, 6.45) is 0. The predicted molar refractivity (Wildman–Crippen MR) is 80.3 cm³/mol. The average molecular weight is 339 g/mol. The molecule has 0 saturated heterocycles. The number of amides is 3. The number of carbonyl (C=O) groups excluding carboxylic acids is 2. The van der Waals surface area contributed by atoms with Gasteiger partial charge in [0.15, 0.2) is 5.82 Å². The van der Waals surface area contributed by atoms with E-state index in [4.69, 9.17) is 4.52 Å². The van der Waals surface area contributed by atoms with Crippen molar-refractivity contribution in [2.24, 2.45) is 0 Å². The van der Waals surface area contributed by atoms with Crippen LogP contribution < -0.4 is 16.0 Å². The maximum absolute atomic E-state index is 13.8. The van der Waals surface area contributed by atoms with Gasteiger partial charge in [0, 0.05) is 13.0 Å². The minimum Gasteiger partial charge on any atom is -0.337 e. The Hall–Kier alpha value is -3.04. The molecule has 8 nitrogen and oxygen atoms in total. The van der Waals surface area contributed by atoms with E-state index in [1.165, 1.54) is 6.92 Å². The molecule has 0 aliphatic carbocycles. The van der Waals surface area contributed by atoms with Crippen molar-refractivity contribution in [3.8, 4) is 0 Å². The number of hydrogen-bond acceptors (Lipinski definition) is 5. The molecular formula is C14H15F2N5O3. The second-order valence-electron chi connectivity index (χ2n) is 4.99. The van der Waals surface area contributed by atoms with Crippen LogP contribution in [0.15, 0.2) is 16.7 Å². The van der Waals surface area contributed by atoms with Gasteiger partial charge in [-0.2, -0.15) is 4.98 Å². The zero-order chi connectivity index (χ0) is 17.9. The van der Waals surface area contributed by atoms with Gasteiger partial charge in [0.1, 0.15) is 17.7 Å². The number of carbonyl (C=O) groups is 2. The summed E-state index contributed by atoms with van der Waals surface area (Å²) in [5, 5.41) is 10.5. The molecule has 1 atom stereocenters. The van der Waals surface area contributed by atoms with Gasteiger partial charge in [0.05, 0.1) is 11.4 Å². The second kappa shape index (κ2) is 7.02. The van der Waals surface area contributed by atoms with Crippen molar-refractivity contribution >= 4 is 23.3 Å². The molecule has 0 fully saturated rings. The van der Waals surface area contributed by atoms with Gasteiger partial charge in [-0.25, -0.2) is 13.6 Å². The highest BCUT2D eigenvalue weighted by Crippen LogP contribution is 2.23. The van der Waals surface area contributed by atoms with Crippen molar-refractivity contribution in [3.05, 3.63) is 35.5 Å². The SMILES string of the molecule is CC(=O)Nc1cc(NC(=O)N[C@@H](C)c2nc(C)no2)c(F)cc1F. The van der Waals surface area contributed by atoms with Crippen molar-refractivity contribution < 1.29 is 22.9 Å². The molecule has 1 aromatic heterocycles. The van der Waals surface area contributed by atoms with Crippen LogP contribution in [0.2, 0.25) is 0 Å². The summed E-state index contributed by atoms with van der Waals surface area (Å²) in [4.78, 5) is 26.9. The Bertz CT molecular complexity index is 778. The van der Waals surface area contributed by atoms with Crippen LogP contribution in [0.1, 0.15) is 31.6 Å². The minimum atomic E-state index is -0.988. The summed E-state index contributed by atoms with van der Waals surface area (Å²) in [6.45, 7) is 4.39. The van der Waals surface area contributed by atoms with E-state index in [0.29, 0.717) is 11.9 Å². The zero-order valence-corrected chi connectivity index (χ0v) is 13.1. The third kappa shape index (κ3) is 4.24. The van der Waals surface area contributed by atoms with Gasteiger partial charge >= 0.3 is 6.03 Å². The summed E-state index contributed by atoms with van der Waals surface area (Å²) in [7, 11) is 0. The highest BCUT2D eigenvalue weighted by molar-refractivity contribution is 5.92. The predicted octanol–water partition coefficient (Wildman–Crippen LogP) is 2.50. The Balaban J connectivity index is 2.09. The van der Waals surface area contributed by atoms with Gasteiger partial charge in [-0.15, -0.1) is 0 Å². The fraction of sp³-hybridized carbons (Fsp3) is 0.286. The number of nitrogens with one attached hydrogen (secondary N) is 3. The summed E-state index contributed by atoms with van der Waals surface area (Å²) < 4.78 is 32.2. The van der Waals surface area contributed by atoms with E-state index in [2.05, 4.69) is 26.1 Å². The molecule has 0 radical (unpaired) electrons. The lowest BCUT2D eigenvalue weighted by atomic mass is 10.2. The number of nitrogens with zero attached hydrogens (tertiary/aromatic N) is 2. The number of anilines is 2. The van der Waals surface area contributed by atoms with Gasteiger partial charge < -0.3 is 20.5 Å². The van der Waals surface area contributed by atoms with Crippen LogP contribution in [0.5, 0.6) is 0 Å². The number of urea groups is 1. The standard InChI is InChI=1S/C14H15F2N5O3/c1-6(13-18-7(2)21-24-13)17-14(23)20-12-5-11(19-8(3)22)9(15)4-10(12)16/h4-6H,1-3H3,(H,19,22)(H2,17,20,23)/t6-/m0/s1. The lowest BCUT2D eigenvalue weighted by Gasteiger charge is -2.13. The van der Waals surface area contributed by atoms with E-state index in [0.717, 1.165) is 6.07 Å². The van der Waals surface area contributed by atoms with E-state index >= 15 is 0 Å². The fourth-order valence-electron chi connectivity index (χ4n) is 1.84. The molecule has 0 bridgehead atoms. The van der Waals surface area contributed by atoms with Gasteiger partial charge in [-0.05, 0) is 19.9 Å². The number of hydrogen-bond donors (Lipinski definition) is 3. The fourth-order valence-corrected chi connectivity index (χ4v) is 1.84. The molecule has 2 aromatic rings. The van der Waals surface area contributed by atoms with Crippen LogP contribution >= 0.6 is 0 Å². The molecule has 10 heteroatoms. The van der Waals surface area contributed by atoms with E-state index in [1.54, 1.807) is 13.8 Å². The second-order valence-corrected chi connectivity index (χ2v) is 4.99. The van der Waals surface area contributed by atoms with Gasteiger partial charge in [-0.1, -0.05) is 5.16 Å². The topological polar surface area (TPSA) is 109 Å². The number of benzene rings is 1. The van der Waals surface area contributed by atoms with E-state index in [-0.39, 0.29) is 17.3 Å². The van der Waals surface area contributed by atoms with Crippen LogP contribution in [-0.4, -0.2) is 22.1 Å². The van der Waals surface area contributed by atoms with Crippen molar-refractivity contribution in [1.29, 1.82) is 0 Å². The van der Waals surface area contributed by atoms with Crippen LogP contribution in [0, 0.1) is 18.6 Å². The molecule has 0 saturated carbocycles. The highest BCUT2D eigenvalue weighted by atomic mass is 19.1. The first-order chi connectivity index (χ1) is 11.3. The van der Waals surface area contributed by atoms with Gasteiger partial charge in [-0.3, -0.25) is 4.79 Å². The van der Waals surface area contributed by atoms with Gasteiger partial charge in [0.25, 0.3) is 0 Å². The van der Waals surface area contributed by atoms with E-state index < -0.39 is 29.6 Å². The molecule has 0 aliphatic rings. The van der Waals surface area contributed by atoms with Crippen molar-refractivity contribution in [2.75, 3.05) is 10.6 Å². The molecule has 0 unspecified atom stereocenters. The molecule has 1 aromatic carbocycles. The van der Waals surface area contributed by atoms with Crippen LogP contribution in [0.4, 0.5) is 25.0 Å². The summed E-state index contributed by atoms with van der Waals surface area (Å²) >= 11 is 0. The molecule has 24 heavy (non-hydrogen) atoms. The molecule has 2 rings (SSSR count). The first kappa shape index (κ1) is 17.3. The number of aromatic nitrogens is 2. The van der Waals surface area contributed by atoms with Crippen LogP contribution in [0.25, 0.3) is 0 Å². The molecule has 0 aliphatic heterocycles. The van der Waals surface area contributed by atoms with E-state index in [1.807, 2.05) is 0 Å². The monoisotopic (exact) mass is 339 g/mol. The Morgan fingerprint density at radius 2 is 1.79 bits per heavy atom. The summed E-state index contributed by atoms with van der Waals surface area (Å²) in [5.74, 6) is -1.89. The summed E-state index contributed by atoms with van der Waals surface area (Å²) in [5.41, 5.74) is -0.550. The normalized spacial score (nSPS) is 11.7.